The molecule has 0 atom stereocenters. The van der Waals surface area contributed by atoms with Crippen molar-refractivity contribution in [1.82, 2.24) is 24.5 Å². The van der Waals surface area contributed by atoms with Gasteiger partial charge in [-0.1, -0.05) is 17.3 Å². The topological polar surface area (TPSA) is 111 Å². The molecular formula is C25H23N7O3S. The molecule has 0 saturated carbocycles. The number of thiazole rings is 1. The summed E-state index contributed by atoms with van der Waals surface area (Å²) in [7, 11) is 0. The highest BCUT2D eigenvalue weighted by atomic mass is 32.1. The van der Waals surface area contributed by atoms with E-state index < -0.39 is 0 Å². The van der Waals surface area contributed by atoms with Crippen LogP contribution in [-0.4, -0.2) is 56.7 Å². The number of carbonyl (C=O) groups is 1. The van der Waals surface area contributed by atoms with Crippen LogP contribution in [0.2, 0.25) is 0 Å². The van der Waals surface area contributed by atoms with E-state index in [1.165, 1.54) is 0 Å². The van der Waals surface area contributed by atoms with Crippen LogP contribution < -0.4 is 10.2 Å². The number of amides is 1. The standard InChI is InChI=1S/C25H23N7O3S/c1-15-3-4-17(23-27-16(2)35-30-23)11-19(15)28-24(33)21-12-26-22-6-5-18(13-32(21)22)20-14-36-25(29-20)31-7-9-34-10-8-31/h3-6,11-14H,7-10H2,1-2H3,(H,28,33). The van der Waals surface area contributed by atoms with Crippen molar-refractivity contribution in [2.75, 3.05) is 36.5 Å². The zero-order chi connectivity index (χ0) is 24.6. The molecule has 0 spiro atoms. The van der Waals surface area contributed by atoms with Crippen LogP contribution in [-0.2, 0) is 4.74 Å². The second kappa shape index (κ2) is 9.17. The maximum Gasteiger partial charge on any atom is 0.274 e. The lowest BCUT2D eigenvalue weighted by molar-refractivity contribution is 0.102. The molecule has 0 unspecified atom stereocenters. The normalized spacial score (nSPS) is 13.9. The van der Waals surface area contributed by atoms with Gasteiger partial charge >= 0.3 is 0 Å². The van der Waals surface area contributed by atoms with Gasteiger partial charge in [0.05, 0.1) is 25.1 Å². The van der Waals surface area contributed by atoms with E-state index in [0.717, 1.165) is 40.6 Å². The highest BCUT2D eigenvalue weighted by Gasteiger charge is 2.18. The molecule has 1 aromatic carbocycles. The van der Waals surface area contributed by atoms with E-state index >= 15 is 0 Å². The van der Waals surface area contributed by atoms with E-state index in [4.69, 9.17) is 14.2 Å². The Balaban J connectivity index is 1.28. The molecule has 1 amide bonds. The van der Waals surface area contributed by atoms with Crippen molar-refractivity contribution in [2.45, 2.75) is 13.8 Å². The van der Waals surface area contributed by atoms with Crippen molar-refractivity contribution >= 4 is 33.7 Å². The van der Waals surface area contributed by atoms with E-state index in [-0.39, 0.29) is 5.91 Å². The molecule has 11 heteroatoms. The number of hydrogen-bond acceptors (Lipinski definition) is 9. The van der Waals surface area contributed by atoms with Crippen molar-refractivity contribution in [1.29, 1.82) is 0 Å². The van der Waals surface area contributed by atoms with Gasteiger partial charge in [-0.05, 0) is 30.7 Å². The summed E-state index contributed by atoms with van der Waals surface area (Å²) in [6.07, 6.45) is 3.48. The van der Waals surface area contributed by atoms with Crippen molar-refractivity contribution in [2.24, 2.45) is 0 Å². The van der Waals surface area contributed by atoms with Crippen molar-refractivity contribution in [3.8, 4) is 22.6 Å². The largest absolute Gasteiger partial charge is 0.378 e. The second-order valence-electron chi connectivity index (χ2n) is 8.52. The van der Waals surface area contributed by atoms with E-state index in [0.29, 0.717) is 42.0 Å². The molecule has 5 heterocycles. The molecule has 6 rings (SSSR count). The van der Waals surface area contributed by atoms with Gasteiger partial charge in [-0.2, -0.15) is 4.98 Å². The third-order valence-electron chi connectivity index (χ3n) is 6.08. The SMILES string of the molecule is Cc1nc(-c2ccc(C)c(NC(=O)c3cnc4ccc(-c5csc(N6CCOCC6)n5)cn34)c2)no1. The number of nitrogens with zero attached hydrogens (tertiary/aromatic N) is 6. The quantitative estimate of drug-likeness (QED) is 0.381. The number of morpholine rings is 1. The van der Waals surface area contributed by atoms with Gasteiger partial charge in [0.2, 0.25) is 11.7 Å². The fraction of sp³-hybridized carbons (Fsp3) is 0.240. The zero-order valence-corrected chi connectivity index (χ0v) is 20.6. The summed E-state index contributed by atoms with van der Waals surface area (Å²) in [5.41, 5.74) is 5.22. The van der Waals surface area contributed by atoms with Gasteiger partial charge < -0.3 is 19.5 Å². The van der Waals surface area contributed by atoms with Crippen LogP contribution >= 0.6 is 11.3 Å². The molecule has 5 aromatic rings. The Kier molecular flexibility index (Phi) is 5.70. The number of aromatic nitrogens is 5. The first-order valence-electron chi connectivity index (χ1n) is 11.5. The minimum absolute atomic E-state index is 0.267. The van der Waals surface area contributed by atoms with Gasteiger partial charge in [-0.3, -0.25) is 9.20 Å². The highest BCUT2D eigenvalue weighted by molar-refractivity contribution is 7.14. The first-order chi connectivity index (χ1) is 17.5. The molecule has 1 aliphatic rings. The smallest absolute Gasteiger partial charge is 0.274 e. The number of nitrogens with one attached hydrogen (secondary N) is 1. The lowest BCUT2D eigenvalue weighted by Gasteiger charge is -2.26. The van der Waals surface area contributed by atoms with E-state index in [1.54, 1.807) is 28.9 Å². The molecule has 1 fully saturated rings. The third-order valence-corrected chi connectivity index (χ3v) is 6.98. The molecule has 4 aromatic heterocycles. The number of rotatable bonds is 5. The van der Waals surface area contributed by atoms with Crippen LogP contribution in [0.1, 0.15) is 21.9 Å². The number of aryl methyl sites for hydroxylation is 2. The number of anilines is 2. The predicted molar refractivity (Wildman–Crippen MR) is 136 cm³/mol. The minimum atomic E-state index is -0.267. The van der Waals surface area contributed by atoms with Crippen LogP contribution in [0.25, 0.3) is 28.3 Å². The number of imidazole rings is 1. The number of fused-ring (bicyclic) bond motifs is 1. The van der Waals surface area contributed by atoms with Gasteiger partial charge in [0, 0.05) is 48.4 Å². The van der Waals surface area contributed by atoms with E-state index in [2.05, 4.69) is 25.3 Å². The van der Waals surface area contributed by atoms with Crippen molar-refractivity contribution < 1.29 is 14.1 Å². The lowest BCUT2D eigenvalue weighted by Crippen LogP contribution is -2.36. The second-order valence-corrected chi connectivity index (χ2v) is 9.36. The van der Waals surface area contributed by atoms with Crippen LogP contribution in [0.4, 0.5) is 10.8 Å². The monoisotopic (exact) mass is 501 g/mol. The molecule has 0 radical (unpaired) electrons. The average Bonchev–Trinajstić information content (AvgIpc) is 3.65. The summed E-state index contributed by atoms with van der Waals surface area (Å²) >= 11 is 1.61. The summed E-state index contributed by atoms with van der Waals surface area (Å²) in [5, 5.41) is 9.99. The van der Waals surface area contributed by atoms with Crippen LogP contribution in [0.5, 0.6) is 0 Å². The molecule has 1 N–H and O–H groups in total. The van der Waals surface area contributed by atoms with Crippen molar-refractivity contribution in [3.63, 3.8) is 0 Å². The van der Waals surface area contributed by atoms with E-state index in [1.807, 2.05) is 48.8 Å². The summed E-state index contributed by atoms with van der Waals surface area (Å²) < 4.78 is 12.3. The van der Waals surface area contributed by atoms with Gasteiger partial charge in [-0.25, -0.2) is 9.97 Å². The van der Waals surface area contributed by atoms with Crippen LogP contribution in [0.3, 0.4) is 0 Å². The molecule has 1 saturated heterocycles. The molecule has 36 heavy (non-hydrogen) atoms. The Hall–Kier alpha value is -4.09. The van der Waals surface area contributed by atoms with Crippen molar-refractivity contribution in [3.05, 3.63) is 65.3 Å². The molecular weight excluding hydrogens is 478 g/mol. The van der Waals surface area contributed by atoms with Gasteiger partial charge in [-0.15, -0.1) is 11.3 Å². The van der Waals surface area contributed by atoms with Crippen LogP contribution in [0, 0.1) is 13.8 Å². The minimum Gasteiger partial charge on any atom is -0.378 e. The Morgan fingerprint density at radius 2 is 1.92 bits per heavy atom. The third kappa shape index (κ3) is 4.23. The average molecular weight is 502 g/mol. The highest BCUT2D eigenvalue weighted by Crippen LogP contribution is 2.29. The Labute approximate surface area is 210 Å². The van der Waals surface area contributed by atoms with Gasteiger partial charge in [0.15, 0.2) is 5.13 Å². The molecule has 0 aliphatic carbocycles. The fourth-order valence-corrected chi connectivity index (χ4v) is 4.98. The maximum atomic E-state index is 13.3. The number of ether oxygens (including phenoxy) is 1. The number of benzene rings is 1. The van der Waals surface area contributed by atoms with Gasteiger partial charge in [0.1, 0.15) is 11.3 Å². The first-order valence-corrected chi connectivity index (χ1v) is 12.4. The van der Waals surface area contributed by atoms with Gasteiger partial charge in [0.25, 0.3) is 5.91 Å². The molecule has 10 nitrogen and oxygen atoms in total. The molecule has 1 aliphatic heterocycles. The fourth-order valence-electron chi connectivity index (χ4n) is 4.10. The summed E-state index contributed by atoms with van der Waals surface area (Å²) in [5.74, 6) is 0.688. The zero-order valence-electron chi connectivity index (χ0n) is 19.8. The first kappa shape index (κ1) is 22.4. The Bertz CT molecular complexity index is 1560. The summed E-state index contributed by atoms with van der Waals surface area (Å²) in [6.45, 7) is 6.77. The number of carbonyl (C=O) groups excluding carboxylic acids is 1. The summed E-state index contributed by atoms with van der Waals surface area (Å²) in [6, 6.07) is 9.52. The Morgan fingerprint density at radius 3 is 2.72 bits per heavy atom. The molecule has 182 valence electrons. The van der Waals surface area contributed by atoms with E-state index in [9.17, 15) is 4.79 Å². The molecule has 0 bridgehead atoms. The number of hydrogen-bond donors (Lipinski definition) is 1. The predicted octanol–water partition coefficient (Wildman–Crippen LogP) is 4.21. The Morgan fingerprint density at radius 1 is 1.08 bits per heavy atom. The van der Waals surface area contributed by atoms with Crippen LogP contribution in [0.15, 0.2) is 52.6 Å². The maximum absolute atomic E-state index is 13.3. The lowest BCUT2D eigenvalue weighted by atomic mass is 10.1. The summed E-state index contributed by atoms with van der Waals surface area (Å²) in [4.78, 5) is 29.0. The number of pyridine rings is 1.